The predicted molar refractivity (Wildman–Crippen MR) is 56.9 cm³/mol. The molecule has 0 radical (unpaired) electrons. The summed E-state index contributed by atoms with van der Waals surface area (Å²) in [5.41, 5.74) is 0. The van der Waals surface area contributed by atoms with E-state index in [2.05, 4.69) is 20.3 Å². The zero-order chi connectivity index (χ0) is 10.6. The number of nitrogens with one attached hydrogen (secondary N) is 1. The zero-order valence-corrected chi connectivity index (χ0v) is 9.55. The van der Waals surface area contributed by atoms with Crippen LogP contribution in [0.3, 0.4) is 0 Å². The lowest BCUT2D eigenvalue weighted by atomic mass is 10.5. The average Bonchev–Trinajstić information content (AvgIpc) is 2.16. The van der Waals surface area contributed by atoms with Gasteiger partial charge in [-0.25, -0.2) is 0 Å². The molecule has 1 rings (SSSR count). The van der Waals surface area contributed by atoms with Gasteiger partial charge >= 0.3 is 6.01 Å². The molecule has 0 aromatic carbocycles. The first-order valence-corrected chi connectivity index (χ1v) is 5.52. The highest BCUT2D eigenvalue weighted by molar-refractivity contribution is 7.98. The van der Waals surface area contributed by atoms with Crippen LogP contribution in [0.4, 0.5) is 5.95 Å². The first-order valence-electron chi connectivity index (χ1n) is 4.30. The Morgan fingerprint density at radius 1 is 1.29 bits per heavy atom. The molecule has 0 saturated carbocycles. The minimum atomic E-state index is 0.0665. The summed E-state index contributed by atoms with van der Waals surface area (Å²) < 4.78 is 5.38. The van der Waals surface area contributed by atoms with E-state index in [1.165, 1.54) is 11.8 Å². The van der Waals surface area contributed by atoms with Gasteiger partial charge in [0.05, 0.1) is 6.10 Å². The molecule has 0 bridgehead atoms. The summed E-state index contributed by atoms with van der Waals surface area (Å²) in [5.74, 6) is 0.528. The molecule has 0 aliphatic rings. The summed E-state index contributed by atoms with van der Waals surface area (Å²) in [5, 5.41) is 3.51. The van der Waals surface area contributed by atoms with Gasteiger partial charge in [0.2, 0.25) is 5.95 Å². The first kappa shape index (κ1) is 11.0. The number of rotatable bonds is 4. The molecule has 1 aromatic heterocycles. The fraction of sp³-hybridized carbons (Fsp3) is 0.625. The summed E-state index contributed by atoms with van der Waals surface area (Å²) in [6, 6.07) is 0.365. The van der Waals surface area contributed by atoms with E-state index >= 15 is 0 Å². The van der Waals surface area contributed by atoms with Crippen LogP contribution < -0.4 is 10.1 Å². The van der Waals surface area contributed by atoms with Crippen LogP contribution in [-0.2, 0) is 0 Å². The molecule has 1 N–H and O–H groups in total. The second-order valence-electron chi connectivity index (χ2n) is 2.84. The number of hydrogen-bond acceptors (Lipinski definition) is 6. The van der Waals surface area contributed by atoms with Gasteiger partial charge in [-0.2, -0.15) is 15.0 Å². The number of nitrogens with zero attached hydrogens (tertiary/aromatic N) is 3. The molecule has 5 nitrogen and oxygen atoms in total. The number of thioether (sulfide) groups is 1. The predicted octanol–water partition coefficient (Wildman–Crippen LogP) is 1.42. The Morgan fingerprint density at radius 3 is 2.50 bits per heavy atom. The molecule has 14 heavy (non-hydrogen) atoms. The summed E-state index contributed by atoms with van der Waals surface area (Å²) in [4.78, 5) is 12.3. The number of ether oxygens (including phenoxy) is 1. The molecule has 0 aliphatic carbocycles. The molecular weight excluding hydrogens is 200 g/mol. The smallest absolute Gasteiger partial charge is 0.322 e. The lowest BCUT2D eigenvalue weighted by Crippen LogP contribution is -2.10. The van der Waals surface area contributed by atoms with Crippen molar-refractivity contribution in [2.24, 2.45) is 0 Å². The summed E-state index contributed by atoms with van der Waals surface area (Å²) in [6.45, 7) is 3.86. The van der Waals surface area contributed by atoms with Crippen LogP contribution in [0, 0.1) is 0 Å². The summed E-state index contributed by atoms with van der Waals surface area (Å²) in [6.07, 6.45) is 1.98. The fourth-order valence-electron chi connectivity index (χ4n) is 0.805. The molecular formula is C8H14N4OS. The Morgan fingerprint density at radius 2 is 2.00 bits per heavy atom. The fourth-order valence-corrected chi connectivity index (χ4v) is 1.15. The van der Waals surface area contributed by atoms with Gasteiger partial charge in [-0.3, -0.25) is 0 Å². The van der Waals surface area contributed by atoms with Crippen molar-refractivity contribution in [2.45, 2.75) is 25.1 Å². The maximum absolute atomic E-state index is 5.38. The van der Waals surface area contributed by atoms with Crippen LogP contribution in [0.25, 0.3) is 0 Å². The van der Waals surface area contributed by atoms with Crippen molar-refractivity contribution in [1.29, 1.82) is 0 Å². The molecule has 0 saturated heterocycles. The second-order valence-corrected chi connectivity index (χ2v) is 3.62. The number of anilines is 1. The van der Waals surface area contributed by atoms with Crippen LogP contribution in [0.1, 0.15) is 13.8 Å². The topological polar surface area (TPSA) is 59.9 Å². The van der Waals surface area contributed by atoms with Gasteiger partial charge in [0.1, 0.15) is 0 Å². The monoisotopic (exact) mass is 214 g/mol. The van der Waals surface area contributed by atoms with Crippen molar-refractivity contribution in [3.05, 3.63) is 0 Å². The van der Waals surface area contributed by atoms with Crippen molar-refractivity contribution < 1.29 is 4.74 Å². The highest BCUT2D eigenvalue weighted by Gasteiger charge is 2.06. The van der Waals surface area contributed by atoms with Crippen molar-refractivity contribution in [2.75, 3.05) is 18.6 Å². The molecule has 0 spiro atoms. The molecule has 1 aromatic rings. The maximum Gasteiger partial charge on any atom is 0.322 e. The van der Waals surface area contributed by atoms with Crippen molar-refractivity contribution in [3.8, 4) is 6.01 Å². The van der Waals surface area contributed by atoms with E-state index in [4.69, 9.17) is 4.74 Å². The van der Waals surface area contributed by atoms with Gasteiger partial charge in [-0.15, -0.1) is 0 Å². The molecule has 0 unspecified atom stereocenters. The molecule has 0 atom stereocenters. The van der Waals surface area contributed by atoms with E-state index in [0.29, 0.717) is 17.1 Å². The molecule has 78 valence electrons. The van der Waals surface area contributed by atoms with Crippen LogP contribution in [-0.4, -0.2) is 34.4 Å². The Bertz CT molecular complexity index is 283. The van der Waals surface area contributed by atoms with Crippen LogP contribution >= 0.6 is 11.8 Å². The standard InChI is InChI=1S/C8H14N4OS/c1-5(2)13-7-10-6(9-3)11-8(12-7)14-4/h5H,1-4H3,(H,9,10,11,12). The third kappa shape index (κ3) is 3.02. The third-order valence-corrected chi connectivity index (χ3v) is 1.89. The first-order chi connectivity index (χ1) is 6.65. The minimum Gasteiger partial charge on any atom is -0.461 e. The van der Waals surface area contributed by atoms with E-state index < -0.39 is 0 Å². The molecule has 0 amide bonds. The minimum absolute atomic E-state index is 0.0665. The van der Waals surface area contributed by atoms with Gasteiger partial charge < -0.3 is 10.1 Å². The molecule has 6 heteroatoms. The quantitative estimate of drug-likeness (QED) is 0.765. The number of hydrogen-bond donors (Lipinski definition) is 1. The summed E-state index contributed by atoms with van der Waals surface area (Å²) in [7, 11) is 1.76. The largest absolute Gasteiger partial charge is 0.461 e. The van der Waals surface area contributed by atoms with Crippen molar-refractivity contribution in [3.63, 3.8) is 0 Å². The Labute approximate surface area is 87.7 Å². The van der Waals surface area contributed by atoms with Crippen LogP contribution in [0.5, 0.6) is 6.01 Å². The third-order valence-electron chi connectivity index (χ3n) is 1.34. The lowest BCUT2D eigenvalue weighted by molar-refractivity contribution is 0.219. The highest BCUT2D eigenvalue weighted by atomic mass is 32.2. The number of aromatic nitrogens is 3. The Hall–Kier alpha value is -1.04. The highest BCUT2D eigenvalue weighted by Crippen LogP contribution is 2.15. The van der Waals surface area contributed by atoms with Crippen molar-refractivity contribution >= 4 is 17.7 Å². The van der Waals surface area contributed by atoms with Crippen LogP contribution in [0.2, 0.25) is 0 Å². The van der Waals surface area contributed by atoms with Gasteiger partial charge in [0.25, 0.3) is 0 Å². The van der Waals surface area contributed by atoms with Gasteiger partial charge in [0.15, 0.2) is 5.16 Å². The summed E-state index contributed by atoms with van der Waals surface area (Å²) >= 11 is 1.46. The van der Waals surface area contributed by atoms with E-state index in [9.17, 15) is 0 Å². The zero-order valence-electron chi connectivity index (χ0n) is 8.74. The van der Waals surface area contributed by atoms with Gasteiger partial charge in [-0.1, -0.05) is 11.8 Å². The van der Waals surface area contributed by atoms with Crippen LogP contribution in [0.15, 0.2) is 5.16 Å². The van der Waals surface area contributed by atoms with Gasteiger partial charge in [-0.05, 0) is 20.1 Å². The van der Waals surface area contributed by atoms with E-state index in [1.54, 1.807) is 7.05 Å². The van der Waals surface area contributed by atoms with E-state index in [1.807, 2.05) is 20.1 Å². The van der Waals surface area contributed by atoms with E-state index in [-0.39, 0.29) is 6.10 Å². The SMILES string of the molecule is CNc1nc(OC(C)C)nc(SC)n1. The second kappa shape index (κ2) is 4.99. The molecule has 0 fully saturated rings. The van der Waals surface area contributed by atoms with E-state index in [0.717, 1.165) is 0 Å². The normalized spacial score (nSPS) is 10.4. The molecule has 1 heterocycles. The van der Waals surface area contributed by atoms with Crippen molar-refractivity contribution in [1.82, 2.24) is 15.0 Å². The lowest BCUT2D eigenvalue weighted by Gasteiger charge is -2.08. The molecule has 0 aliphatic heterocycles. The Kier molecular flexibility index (Phi) is 3.94. The van der Waals surface area contributed by atoms with Gasteiger partial charge in [0, 0.05) is 7.05 Å². The maximum atomic E-state index is 5.38. The average molecular weight is 214 g/mol. The Balaban J connectivity index is 2.92.